The molecule has 0 saturated carbocycles. The van der Waals surface area contributed by atoms with E-state index in [4.69, 9.17) is 37.9 Å². The first kappa shape index (κ1) is 31.6. The molecular formula is C23H34O15. The number of aliphatic hydroxyl groups excluding tert-OH is 3. The fourth-order valence-corrected chi connectivity index (χ4v) is 3.87. The van der Waals surface area contributed by atoms with E-state index in [9.17, 15) is 34.5 Å². The molecule has 0 aromatic carbocycles. The minimum absolute atomic E-state index is 0.0299. The summed E-state index contributed by atoms with van der Waals surface area (Å²) in [7, 11) is 0. The molecule has 2 fully saturated rings. The van der Waals surface area contributed by atoms with Gasteiger partial charge in [-0.3, -0.25) is 19.2 Å². The van der Waals surface area contributed by atoms with Crippen LogP contribution in [0.3, 0.4) is 0 Å². The van der Waals surface area contributed by atoms with Gasteiger partial charge in [0.25, 0.3) is 0 Å². The Labute approximate surface area is 218 Å². The van der Waals surface area contributed by atoms with Gasteiger partial charge >= 0.3 is 23.9 Å². The largest absolute Gasteiger partial charge is 0.463 e. The first-order valence-corrected chi connectivity index (χ1v) is 11.7. The second kappa shape index (κ2) is 14.5. The van der Waals surface area contributed by atoms with Crippen LogP contribution >= 0.6 is 0 Å². The fraction of sp³-hybridized carbons (Fsp3) is 0.739. The van der Waals surface area contributed by atoms with Crippen LogP contribution in [0.25, 0.3) is 0 Å². The van der Waals surface area contributed by atoms with Gasteiger partial charge in [-0.25, -0.2) is 0 Å². The van der Waals surface area contributed by atoms with E-state index in [2.05, 4.69) is 6.58 Å². The third-order valence-corrected chi connectivity index (χ3v) is 5.42. The first-order valence-electron chi connectivity index (χ1n) is 11.7. The van der Waals surface area contributed by atoms with Gasteiger partial charge in [-0.2, -0.15) is 0 Å². The molecule has 0 aliphatic carbocycles. The summed E-state index contributed by atoms with van der Waals surface area (Å²) in [5.74, 6) is -3.12. The normalized spacial score (nSPS) is 35.0. The zero-order valence-electron chi connectivity index (χ0n) is 21.4. The lowest BCUT2D eigenvalue weighted by atomic mass is 9.97. The summed E-state index contributed by atoms with van der Waals surface area (Å²) in [5, 5.41) is 30.7. The molecule has 0 spiro atoms. The van der Waals surface area contributed by atoms with E-state index in [0.717, 1.165) is 27.7 Å². The molecular weight excluding hydrogens is 516 g/mol. The Morgan fingerprint density at radius 2 is 1.24 bits per heavy atom. The van der Waals surface area contributed by atoms with Gasteiger partial charge in [0, 0.05) is 27.7 Å². The van der Waals surface area contributed by atoms with Crippen LogP contribution in [-0.4, -0.2) is 120 Å². The van der Waals surface area contributed by atoms with Gasteiger partial charge in [0.15, 0.2) is 30.9 Å². The van der Waals surface area contributed by atoms with Crippen molar-refractivity contribution < 1.29 is 72.4 Å². The molecule has 0 aromatic rings. The molecule has 2 saturated heterocycles. The highest BCUT2D eigenvalue weighted by Gasteiger charge is 2.53. The number of esters is 4. The minimum Gasteiger partial charge on any atom is -0.463 e. The van der Waals surface area contributed by atoms with Gasteiger partial charge in [0.05, 0.1) is 13.2 Å². The lowest BCUT2D eigenvalue weighted by Gasteiger charge is -2.45. The van der Waals surface area contributed by atoms with Crippen LogP contribution in [0.5, 0.6) is 0 Å². The van der Waals surface area contributed by atoms with Crippen molar-refractivity contribution in [1.29, 1.82) is 0 Å². The van der Waals surface area contributed by atoms with Crippen molar-refractivity contribution in [1.82, 2.24) is 0 Å². The maximum atomic E-state index is 11.9. The fourth-order valence-electron chi connectivity index (χ4n) is 3.87. The third-order valence-electron chi connectivity index (χ3n) is 5.42. The molecule has 0 aromatic heterocycles. The predicted octanol–water partition coefficient (Wildman–Crippen LogP) is -1.90. The Hall–Kier alpha value is -2.66. The van der Waals surface area contributed by atoms with Gasteiger partial charge in [-0.15, -0.1) is 6.58 Å². The van der Waals surface area contributed by atoms with Crippen molar-refractivity contribution in [3.63, 3.8) is 0 Å². The molecule has 0 bridgehead atoms. The number of ether oxygens (including phenoxy) is 8. The Balaban J connectivity index is 2.32. The van der Waals surface area contributed by atoms with E-state index < -0.39 is 98.5 Å². The molecule has 0 radical (unpaired) electrons. The summed E-state index contributed by atoms with van der Waals surface area (Å²) >= 11 is 0. The van der Waals surface area contributed by atoms with Crippen molar-refractivity contribution in [3.8, 4) is 0 Å². The van der Waals surface area contributed by atoms with Crippen molar-refractivity contribution >= 4 is 23.9 Å². The molecule has 0 unspecified atom stereocenters. The van der Waals surface area contributed by atoms with Crippen LogP contribution in [0.4, 0.5) is 0 Å². The van der Waals surface area contributed by atoms with Gasteiger partial charge in [-0.05, 0) is 0 Å². The average molecular weight is 551 g/mol. The van der Waals surface area contributed by atoms with Gasteiger partial charge < -0.3 is 53.2 Å². The Kier molecular flexibility index (Phi) is 12.0. The smallest absolute Gasteiger partial charge is 0.303 e. The van der Waals surface area contributed by atoms with E-state index in [1.807, 2.05) is 0 Å². The zero-order valence-corrected chi connectivity index (χ0v) is 21.4. The average Bonchev–Trinajstić information content (AvgIpc) is 2.82. The second-order valence-electron chi connectivity index (χ2n) is 8.54. The molecule has 2 heterocycles. The molecule has 15 heteroatoms. The van der Waals surface area contributed by atoms with Crippen LogP contribution in [0.2, 0.25) is 0 Å². The summed E-state index contributed by atoms with van der Waals surface area (Å²) in [6, 6.07) is 0. The molecule has 38 heavy (non-hydrogen) atoms. The molecule has 2 aliphatic rings. The Morgan fingerprint density at radius 1 is 0.684 bits per heavy atom. The SMILES string of the molecule is C=CCO[C@H]1O[C@H](CO[C@@H]2O[C@H](COC(C)=O)[C@@H](OC(C)=O)[C@H](OC(C)=O)[C@H]2OC(C)=O)[C@@H](O)[C@H](O)[C@H]1O. The number of aliphatic hydroxyl groups is 3. The minimum atomic E-state index is -1.66. The van der Waals surface area contributed by atoms with Gasteiger partial charge in [-0.1, -0.05) is 6.08 Å². The lowest BCUT2D eigenvalue weighted by Crippen LogP contribution is -2.64. The number of hydrogen-bond acceptors (Lipinski definition) is 15. The first-order chi connectivity index (χ1) is 17.8. The monoisotopic (exact) mass is 550 g/mol. The van der Waals surface area contributed by atoms with E-state index in [-0.39, 0.29) is 6.61 Å². The summed E-state index contributed by atoms with van der Waals surface area (Å²) in [6.07, 6.45) is -13.2. The third kappa shape index (κ3) is 8.69. The topological polar surface area (TPSA) is 203 Å². The highest BCUT2D eigenvalue weighted by atomic mass is 16.7. The molecule has 0 amide bonds. The van der Waals surface area contributed by atoms with Crippen LogP contribution < -0.4 is 0 Å². The number of hydrogen-bond donors (Lipinski definition) is 3. The van der Waals surface area contributed by atoms with Crippen LogP contribution in [-0.2, 0) is 57.1 Å². The second-order valence-corrected chi connectivity index (χ2v) is 8.54. The van der Waals surface area contributed by atoms with E-state index >= 15 is 0 Å². The van der Waals surface area contributed by atoms with Crippen molar-refractivity contribution in [3.05, 3.63) is 12.7 Å². The highest BCUT2D eigenvalue weighted by Crippen LogP contribution is 2.31. The molecule has 10 atom stereocenters. The Bertz CT molecular complexity index is 847. The lowest BCUT2D eigenvalue weighted by molar-refractivity contribution is -0.332. The van der Waals surface area contributed by atoms with Gasteiger partial charge in [0.1, 0.15) is 37.1 Å². The van der Waals surface area contributed by atoms with Gasteiger partial charge in [0.2, 0.25) is 0 Å². The van der Waals surface area contributed by atoms with Crippen LogP contribution in [0.1, 0.15) is 27.7 Å². The molecule has 216 valence electrons. The summed E-state index contributed by atoms with van der Waals surface area (Å²) < 4.78 is 43.2. The summed E-state index contributed by atoms with van der Waals surface area (Å²) in [4.78, 5) is 47.0. The van der Waals surface area contributed by atoms with E-state index in [1.54, 1.807) is 0 Å². The van der Waals surface area contributed by atoms with Crippen LogP contribution in [0, 0.1) is 0 Å². The molecule has 3 N–H and O–H groups in total. The van der Waals surface area contributed by atoms with Crippen molar-refractivity contribution in [2.45, 2.75) is 89.1 Å². The zero-order chi connectivity index (χ0) is 28.6. The predicted molar refractivity (Wildman–Crippen MR) is 121 cm³/mol. The highest BCUT2D eigenvalue weighted by molar-refractivity contribution is 5.68. The summed E-state index contributed by atoms with van der Waals surface area (Å²) in [6.45, 7) is 6.85. The van der Waals surface area contributed by atoms with Crippen molar-refractivity contribution in [2.75, 3.05) is 19.8 Å². The maximum absolute atomic E-state index is 11.9. The molecule has 15 nitrogen and oxygen atoms in total. The van der Waals surface area contributed by atoms with Crippen molar-refractivity contribution in [2.24, 2.45) is 0 Å². The number of rotatable bonds is 11. The maximum Gasteiger partial charge on any atom is 0.303 e. The number of carbonyl (C=O) groups excluding carboxylic acids is 4. The van der Waals surface area contributed by atoms with Crippen LogP contribution in [0.15, 0.2) is 12.7 Å². The molecule has 2 aliphatic heterocycles. The standard InChI is InChI=1S/C23H34O15/c1-6-7-31-22-18(30)17(29)16(28)14(37-22)8-33-23-21(36-13(5)27)20(35-12(4)26)19(34-11(3)25)15(38-23)9-32-10(2)24/h6,14-23,28-30H,1,7-9H2,2-5H3/t14-,15-,16-,17+,18-,19-,20+,21-,22+,23-/m1/s1. The summed E-state index contributed by atoms with van der Waals surface area (Å²) in [5.41, 5.74) is 0. The molecule has 2 rings (SSSR count). The van der Waals surface area contributed by atoms with E-state index in [1.165, 1.54) is 6.08 Å². The van der Waals surface area contributed by atoms with E-state index in [0.29, 0.717) is 0 Å². The quantitative estimate of drug-likeness (QED) is 0.146. The number of carbonyl (C=O) groups is 4. The Morgan fingerprint density at radius 3 is 1.79 bits per heavy atom.